The zero-order valence-corrected chi connectivity index (χ0v) is 19.1. The second-order valence-corrected chi connectivity index (χ2v) is 9.83. The fraction of sp³-hybridized carbons (Fsp3) is 0.391. The molecule has 1 aliphatic rings. The van der Waals surface area contributed by atoms with E-state index in [1.807, 2.05) is 39.0 Å². The standard InChI is InChI=1S/C23H29N3O4S/c1-5-17(4)25-31(29,30)21-10-7-19(8-11-21)24-23(28)18-13-22(27)26(14-18)20-9-6-15(2)16(3)12-20/h6-12,17-18,25H,5,13-14H2,1-4H3,(H,24,28)/t17-,18-/m1/s1. The Morgan fingerprint density at radius 1 is 1.13 bits per heavy atom. The van der Waals surface area contributed by atoms with E-state index in [9.17, 15) is 18.0 Å². The van der Waals surface area contributed by atoms with Crippen LogP contribution < -0.4 is 14.9 Å². The van der Waals surface area contributed by atoms with Crippen LogP contribution in [-0.2, 0) is 19.6 Å². The third kappa shape index (κ3) is 5.32. The number of hydrogen-bond donors (Lipinski definition) is 2. The Balaban J connectivity index is 1.65. The fourth-order valence-corrected chi connectivity index (χ4v) is 4.73. The number of nitrogens with one attached hydrogen (secondary N) is 2. The molecular weight excluding hydrogens is 414 g/mol. The maximum atomic E-state index is 12.7. The lowest BCUT2D eigenvalue weighted by molar-refractivity contribution is -0.122. The van der Waals surface area contributed by atoms with Gasteiger partial charge in [-0.3, -0.25) is 9.59 Å². The highest BCUT2D eigenvalue weighted by Gasteiger charge is 2.35. The van der Waals surface area contributed by atoms with Gasteiger partial charge in [-0.2, -0.15) is 0 Å². The zero-order chi connectivity index (χ0) is 22.8. The lowest BCUT2D eigenvalue weighted by Crippen LogP contribution is -2.32. The molecular formula is C23H29N3O4S. The number of nitrogens with zero attached hydrogens (tertiary/aromatic N) is 1. The number of anilines is 2. The van der Waals surface area contributed by atoms with E-state index in [4.69, 9.17) is 0 Å². The van der Waals surface area contributed by atoms with Crippen molar-refractivity contribution in [1.29, 1.82) is 0 Å². The summed E-state index contributed by atoms with van der Waals surface area (Å²) in [7, 11) is -3.60. The molecule has 166 valence electrons. The van der Waals surface area contributed by atoms with E-state index in [-0.39, 0.29) is 29.2 Å². The van der Waals surface area contributed by atoms with Crippen LogP contribution in [0.5, 0.6) is 0 Å². The number of carbonyl (C=O) groups is 2. The van der Waals surface area contributed by atoms with Crippen molar-refractivity contribution in [3.05, 3.63) is 53.6 Å². The SMILES string of the molecule is CC[C@@H](C)NS(=O)(=O)c1ccc(NC(=O)[C@@H]2CC(=O)N(c3ccc(C)c(C)c3)C2)cc1. The molecule has 7 nitrogen and oxygen atoms in total. The van der Waals surface area contributed by atoms with Gasteiger partial charge in [0.15, 0.2) is 0 Å². The van der Waals surface area contributed by atoms with Crippen LogP contribution in [0.2, 0.25) is 0 Å². The van der Waals surface area contributed by atoms with E-state index < -0.39 is 15.9 Å². The number of amides is 2. The number of hydrogen-bond acceptors (Lipinski definition) is 4. The molecule has 2 aromatic carbocycles. The van der Waals surface area contributed by atoms with Gasteiger partial charge in [-0.15, -0.1) is 0 Å². The first-order valence-electron chi connectivity index (χ1n) is 10.4. The lowest BCUT2D eigenvalue weighted by Gasteiger charge is -2.18. The van der Waals surface area contributed by atoms with E-state index in [0.29, 0.717) is 18.7 Å². The molecule has 2 N–H and O–H groups in total. The molecule has 1 fully saturated rings. The average molecular weight is 444 g/mol. The van der Waals surface area contributed by atoms with Crippen molar-refractivity contribution in [2.45, 2.75) is 51.5 Å². The number of carbonyl (C=O) groups excluding carboxylic acids is 2. The summed E-state index contributed by atoms with van der Waals surface area (Å²) in [5, 5.41) is 2.79. The molecule has 1 heterocycles. The molecule has 0 bridgehead atoms. The summed E-state index contributed by atoms with van der Waals surface area (Å²) in [5.74, 6) is -0.807. The molecule has 0 aromatic heterocycles. The van der Waals surface area contributed by atoms with Crippen LogP contribution in [0.4, 0.5) is 11.4 Å². The van der Waals surface area contributed by atoms with Gasteiger partial charge < -0.3 is 10.2 Å². The molecule has 1 saturated heterocycles. The van der Waals surface area contributed by atoms with E-state index in [1.54, 1.807) is 24.0 Å². The Kier molecular flexibility index (Phi) is 6.81. The van der Waals surface area contributed by atoms with Crippen LogP contribution >= 0.6 is 0 Å². The topological polar surface area (TPSA) is 95.6 Å². The monoisotopic (exact) mass is 443 g/mol. The molecule has 0 spiro atoms. The number of benzene rings is 2. The molecule has 0 unspecified atom stereocenters. The summed E-state index contributed by atoms with van der Waals surface area (Å²) < 4.78 is 27.3. The minimum atomic E-state index is -3.60. The van der Waals surface area contributed by atoms with Gasteiger partial charge in [-0.25, -0.2) is 13.1 Å². The molecule has 31 heavy (non-hydrogen) atoms. The first kappa shape index (κ1) is 23.0. The smallest absolute Gasteiger partial charge is 0.240 e. The van der Waals surface area contributed by atoms with Crippen molar-refractivity contribution < 1.29 is 18.0 Å². The molecule has 2 aromatic rings. The van der Waals surface area contributed by atoms with E-state index in [1.165, 1.54) is 12.1 Å². The Morgan fingerprint density at radius 3 is 2.42 bits per heavy atom. The van der Waals surface area contributed by atoms with Crippen LogP contribution in [0.25, 0.3) is 0 Å². The van der Waals surface area contributed by atoms with Gasteiger partial charge in [0, 0.05) is 30.4 Å². The van der Waals surface area contributed by atoms with Crippen molar-refractivity contribution in [1.82, 2.24) is 4.72 Å². The Hall–Kier alpha value is -2.71. The number of aryl methyl sites for hydroxylation is 2. The Bertz CT molecular complexity index is 1080. The van der Waals surface area contributed by atoms with E-state index in [0.717, 1.165) is 16.8 Å². The summed E-state index contributed by atoms with van der Waals surface area (Å²) in [5.41, 5.74) is 3.53. The maximum absolute atomic E-state index is 12.7. The van der Waals surface area contributed by atoms with Crippen molar-refractivity contribution in [2.24, 2.45) is 5.92 Å². The minimum absolute atomic E-state index is 0.0824. The number of rotatable bonds is 7. The molecule has 2 amide bonds. The predicted octanol–water partition coefficient (Wildman–Crippen LogP) is 3.37. The first-order valence-corrected chi connectivity index (χ1v) is 11.9. The van der Waals surface area contributed by atoms with Crippen LogP contribution in [0, 0.1) is 19.8 Å². The van der Waals surface area contributed by atoms with Crippen molar-refractivity contribution >= 4 is 33.2 Å². The molecule has 0 aliphatic carbocycles. The Morgan fingerprint density at radius 2 is 1.81 bits per heavy atom. The summed E-state index contributed by atoms with van der Waals surface area (Å²) >= 11 is 0. The van der Waals surface area contributed by atoms with Crippen LogP contribution in [0.1, 0.15) is 37.8 Å². The van der Waals surface area contributed by atoms with Gasteiger partial charge in [0.25, 0.3) is 0 Å². The predicted molar refractivity (Wildman–Crippen MR) is 122 cm³/mol. The highest BCUT2D eigenvalue weighted by atomic mass is 32.2. The van der Waals surface area contributed by atoms with E-state index >= 15 is 0 Å². The minimum Gasteiger partial charge on any atom is -0.326 e. The molecule has 1 aliphatic heterocycles. The first-order chi connectivity index (χ1) is 14.6. The van der Waals surface area contributed by atoms with Gasteiger partial charge in [0.2, 0.25) is 21.8 Å². The second kappa shape index (κ2) is 9.20. The highest BCUT2D eigenvalue weighted by molar-refractivity contribution is 7.89. The normalized spacial score (nSPS) is 17.6. The van der Waals surface area contributed by atoms with Crippen molar-refractivity contribution in [2.75, 3.05) is 16.8 Å². The van der Waals surface area contributed by atoms with Gasteiger partial charge in [-0.1, -0.05) is 13.0 Å². The summed E-state index contributed by atoms with van der Waals surface area (Å²) in [6.45, 7) is 8.03. The van der Waals surface area contributed by atoms with E-state index in [2.05, 4.69) is 10.0 Å². The molecule has 3 rings (SSSR count). The van der Waals surface area contributed by atoms with Crippen LogP contribution in [0.3, 0.4) is 0 Å². The maximum Gasteiger partial charge on any atom is 0.240 e. The van der Waals surface area contributed by atoms with Crippen LogP contribution in [-0.4, -0.2) is 32.8 Å². The third-order valence-electron chi connectivity index (χ3n) is 5.70. The average Bonchev–Trinajstić information content (AvgIpc) is 3.12. The van der Waals surface area contributed by atoms with Gasteiger partial charge >= 0.3 is 0 Å². The molecule has 8 heteroatoms. The summed E-state index contributed by atoms with van der Waals surface area (Å²) in [4.78, 5) is 27.0. The van der Waals surface area contributed by atoms with Gasteiger partial charge in [0.1, 0.15) is 0 Å². The summed E-state index contributed by atoms with van der Waals surface area (Å²) in [6, 6.07) is 11.7. The van der Waals surface area contributed by atoms with Gasteiger partial charge in [-0.05, 0) is 74.7 Å². The molecule has 2 atom stereocenters. The fourth-order valence-electron chi connectivity index (χ4n) is 3.40. The van der Waals surface area contributed by atoms with Crippen LogP contribution in [0.15, 0.2) is 47.4 Å². The third-order valence-corrected chi connectivity index (χ3v) is 7.30. The lowest BCUT2D eigenvalue weighted by atomic mass is 10.1. The van der Waals surface area contributed by atoms with Gasteiger partial charge in [0.05, 0.1) is 10.8 Å². The zero-order valence-electron chi connectivity index (χ0n) is 18.3. The second-order valence-electron chi connectivity index (χ2n) is 8.12. The molecule has 0 saturated carbocycles. The number of sulfonamides is 1. The quantitative estimate of drug-likeness (QED) is 0.686. The van der Waals surface area contributed by atoms with Crippen molar-refractivity contribution in [3.8, 4) is 0 Å². The largest absolute Gasteiger partial charge is 0.326 e. The van der Waals surface area contributed by atoms with Crippen molar-refractivity contribution in [3.63, 3.8) is 0 Å². The Labute approximate surface area is 183 Å². The highest BCUT2D eigenvalue weighted by Crippen LogP contribution is 2.27. The summed E-state index contributed by atoms with van der Waals surface area (Å²) in [6.07, 6.45) is 0.830. The molecule has 0 radical (unpaired) electrons.